The van der Waals surface area contributed by atoms with E-state index in [-0.39, 0.29) is 37.3 Å². The van der Waals surface area contributed by atoms with Crippen molar-refractivity contribution >= 4 is 11.9 Å². The largest absolute Gasteiger partial charge is 0.364 e. The zero-order valence-electron chi connectivity index (χ0n) is 11.8. The fourth-order valence-corrected chi connectivity index (χ4v) is 2.33. The molecule has 21 heavy (non-hydrogen) atoms. The van der Waals surface area contributed by atoms with Gasteiger partial charge in [0.1, 0.15) is 6.17 Å². The molecule has 0 aromatic carbocycles. The van der Waals surface area contributed by atoms with Crippen LogP contribution in [0.15, 0.2) is 6.20 Å². The Morgan fingerprint density at radius 1 is 1.57 bits per heavy atom. The predicted octanol–water partition coefficient (Wildman–Crippen LogP) is -0.0910. The van der Waals surface area contributed by atoms with Gasteiger partial charge in [-0.3, -0.25) is 4.79 Å². The lowest BCUT2D eigenvalue weighted by molar-refractivity contribution is 0.0995. The average molecular weight is 298 g/mol. The molecule has 0 spiro atoms. The molecular weight excluding hydrogens is 279 g/mol. The summed E-state index contributed by atoms with van der Waals surface area (Å²) in [5.74, 6) is -0.673. The number of hydrogen-bond acceptors (Lipinski definition) is 4. The number of aromatic nitrogens is 3. The third-order valence-corrected chi connectivity index (χ3v) is 3.34. The molecule has 0 bridgehead atoms. The summed E-state index contributed by atoms with van der Waals surface area (Å²) in [4.78, 5) is 24.4. The molecule has 116 valence electrons. The first kappa shape index (κ1) is 15.2. The normalized spacial score (nSPS) is 21.5. The second kappa shape index (κ2) is 6.51. The molecule has 1 aliphatic rings. The van der Waals surface area contributed by atoms with Crippen molar-refractivity contribution < 1.29 is 14.0 Å². The first-order valence-electron chi connectivity index (χ1n) is 6.89. The number of urea groups is 1. The van der Waals surface area contributed by atoms with Gasteiger partial charge in [-0.2, -0.15) is 0 Å². The number of likely N-dealkylation sites (tertiary alicyclic amines) is 1. The zero-order chi connectivity index (χ0) is 15.4. The molecule has 9 heteroatoms. The van der Waals surface area contributed by atoms with Crippen LogP contribution in [-0.2, 0) is 6.54 Å². The van der Waals surface area contributed by atoms with Crippen molar-refractivity contribution in [3.63, 3.8) is 0 Å². The molecule has 3 N–H and O–H groups in total. The lowest BCUT2D eigenvalue weighted by Gasteiger charge is -2.24. The number of halogens is 1. The first-order chi connectivity index (χ1) is 10.0. The number of nitrogens with one attached hydrogen (secondary N) is 1. The standard InChI is InChI=1S/C12H19FN6O2/c1-2-3-15-12(21)19-5-8(13)4-9(19)6-18-7-10(11(14)20)16-17-18/h7-9H,2-6H2,1H3,(H2,14,20)(H,15,21). The molecule has 8 nitrogen and oxygen atoms in total. The van der Waals surface area contributed by atoms with E-state index in [4.69, 9.17) is 5.73 Å². The molecule has 2 rings (SSSR count). The highest BCUT2D eigenvalue weighted by molar-refractivity contribution is 5.90. The van der Waals surface area contributed by atoms with Crippen LogP contribution in [0, 0.1) is 0 Å². The van der Waals surface area contributed by atoms with Gasteiger partial charge in [0.05, 0.1) is 25.3 Å². The van der Waals surface area contributed by atoms with E-state index in [9.17, 15) is 14.0 Å². The molecule has 1 aliphatic heterocycles. The summed E-state index contributed by atoms with van der Waals surface area (Å²) < 4.78 is 15.0. The van der Waals surface area contributed by atoms with Gasteiger partial charge in [0.2, 0.25) is 0 Å². The highest BCUT2D eigenvalue weighted by Crippen LogP contribution is 2.21. The Morgan fingerprint density at radius 2 is 2.33 bits per heavy atom. The Hall–Kier alpha value is -2.19. The van der Waals surface area contributed by atoms with Gasteiger partial charge in [-0.15, -0.1) is 5.10 Å². The maximum atomic E-state index is 13.6. The van der Waals surface area contributed by atoms with Crippen LogP contribution in [0.25, 0.3) is 0 Å². The molecule has 2 heterocycles. The summed E-state index contributed by atoms with van der Waals surface area (Å²) in [6.45, 7) is 2.84. The van der Waals surface area contributed by atoms with Crippen LogP contribution in [0.2, 0.25) is 0 Å². The van der Waals surface area contributed by atoms with Crippen molar-refractivity contribution in [3.05, 3.63) is 11.9 Å². The molecule has 1 aromatic rings. The lowest BCUT2D eigenvalue weighted by atomic mass is 10.2. The van der Waals surface area contributed by atoms with E-state index in [0.717, 1.165) is 6.42 Å². The van der Waals surface area contributed by atoms with Crippen molar-refractivity contribution in [1.82, 2.24) is 25.2 Å². The highest BCUT2D eigenvalue weighted by Gasteiger charge is 2.35. The monoisotopic (exact) mass is 298 g/mol. The van der Waals surface area contributed by atoms with Gasteiger partial charge in [-0.25, -0.2) is 13.9 Å². The Bertz CT molecular complexity index is 520. The van der Waals surface area contributed by atoms with Crippen molar-refractivity contribution in [1.29, 1.82) is 0 Å². The summed E-state index contributed by atoms with van der Waals surface area (Å²) in [5, 5.41) is 10.1. The van der Waals surface area contributed by atoms with E-state index in [1.165, 1.54) is 15.8 Å². The van der Waals surface area contributed by atoms with Crippen LogP contribution < -0.4 is 11.1 Å². The van der Waals surface area contributed by atoms with Crippen LogP contribution in [0.5, 0.6) is 0 Å². The van der Waals surface area contributed by atoms with E-state index in [0.29, 0.717) is 6.54 Å². The number of nitrogens with two attached hydrogens (primary N) is 1. The quantitative estimate of drug-likeness (QED) is 0.792. The van der Waals surface area contributed by atoms with Gasteiger partial charge >= 0.3 is 6.03 Å². The summed E-state index contributed by atoms with van der Waals surface area (Å²) in [6, 6.07) is -0.600. The number of hydrogen-bond donors (Lipinski definition) is 2. The molecule has 0 saturated carbocycles. The second-order valence-corrected chi connectivity index (χ2v) is 5.06. The number of carbonyl (C=O) groups excluding carboxylic acids is 2. The SMILES string of the molecule is CCCNC(=O)N1CC(F)CC1Cn1cc(C(N)=O)nn1. The summed E-state index contributed by atoms with van der Waals surface area (Å²) in [5.41, 5.74) is 5.15. The maximum Gasteiger partial charge on any atom is 0.317 e. The smallest absolute Gasteiger partial charge is 0.317 e. The van der Waals surface area contributed by atoms with Crippen LogP contribution in [-0.4, -0.2) is 57.1 Å². The number of alkyl halides is 1. The molecule has 3 amide bonds. The van der Waals surface area contributed by atoms with E-state index in [2.05, 4.69) is 15.6 Å². The Morgan fingerprint density at radius 3 is 2.95 bits per heavy atom. The second-order valence-electron chi connectivity index (χ2n) is 5.06. The molecule has 1 saturated heterocycles. The number of rotatable bonds is 5. The Kier molecular flexibility index (Phi) is 4.71. The van der Waals surface area contributed by atoms with Crippen molar-refractivity contribution in [2.45, 2.75) is 38.5 Å². The van der Waals surface area contributed by atoms with Gasteiger partial charge in [0.15, 0.2) is 5.69 Å². The van der Waals surface area contributed by atoms with Crippen LogP contribution in [0.4, 0.5) is 9.18 Å². The molecule has 1 aromatic heterocycles. The van der Waals surface area contributed by atoms with Gasteiger partial charge < -0.3 is 16.0 Å². The first-order valence-corrected chi connectivity index (χ1v) is 6.89. The van der Waals surface area contributed by atoms with Gasteiger partial charge in [0, 0.05) is 13.0 Å². The van der Waals surface area contributed by atoms with Gasteiger partial charge in [-0.1, -0.05) is 12.1 Å². The van der Waals surface area contributed by atoms with Crippen molar-refractivity contribution in [3.8, 4) is 0 Å². The molecule has 1 fully saturated rings. The Labute approximate surface area is 121 Å². The third-order valence-electron chi connectivity index (χ3n) is 3.34. The van der Waals surface area contributed by atoms with E-state index < -0.39 is 12.1 Å². The van der Waals surface area contributed by atoms with Gasteiger partial charge in [0.25, 0.3) is 5.91 Å². The molecule has 0 radical (unpaired) electrons. The summed E-state index contributed by atoms with van der Waals surface area (Å²) >= 11 is 0. The Balaban J connectivity index is 2.01. The summed E-state index contributed by atoms with van der Waals surface area (Å²) in [6.07, 6.45) is 1.40. The van der Waals surface area contributed by atoms with Crippen molar-refractivity contribution in [2.24, 2.45) is 5.73 Å². The molecule has 2 atom stereocenters. The maximum absolute atomic E-state index is 13.6. The fourth-order valence-electron chi connectivity index (χ4n) is 2.33. The number of nitrogens with zero attached hydrogens (tertiary/aromatic N) is 4. The predicted molar refractivity (Wildman–Crippen MR) is 72.2 cm³/mol. The minimum Gasteiger partial charge on any atom is -0.364 e. The highest BCUT2D eigenvalue weighted by atomic mass is 19.1. The molecular formula is C12H19FN6O2. The number of carbonyl (C=O) groups is 2. The number of primary amides is 1. The number of amides is 3. The zero-order valence-corrected chi connectivity index (χ0v) is 11.8. The van der Waals surface area contributed by atoms with Crippen LogP contribution in [0.3, 0.4) is 0 Å². The summed E-state index contributed by atoms with van der Waals surface area (Å²) in [7, 11) is 0. The molecule has 2 unspecified atom stereocenters. The topological polar surface area (TPSA) is 106 Å². The fraction of sp³-hybridized carbons (Fsp3) is 0.667. The van der Waals surface area contributed by atoms with E-state index in [1.54, 1.807) is 0 Å². The van der Waals surface area contributed by atoms with E-state index >= 15 is 0 Å². The van der Waals surface area contributed by atoms with Crippen LogP contribution >= 0.6 is 0 Å². The van der Waals surface area contributed by atoms with E-state index in [1.807, 2.05) is 6.92 Å². The third kappa shape index (κ3) is 3.67. The average Bonchev–Trinajstić information content (AvgIpc) is 3.03. The lowest BCUT2D eigenvalue weighted by Crippen LogP contribution is -2.44. The van der Waals surface area contributed by atoms with Crippen LogP contribution in [0.1, 0.15) is 30.3 Å². The minimum absolute atomic E-state index is 0.0479. The van der Waals surface area contributed by atoms with Gasteiger partial charge in [-0.05, 0) is 6.42 Å². The van der Waals surface area contributed by atoms with Crippen molar-refractivity contribution in [2.75, 3.05) is 13.1 Å². The minimum atomic E-state index is -1.05. The molecule has 0 aliphatic carbocycles.